The van der Waals surface area contributed by atoms with Crippen LogP contribution in [0.5, 0.6) is 0 Å². The molecule has 2 heterocycles. The standard InChI is InChI=1S/C16H25N3O3.HI/c1-4-17-16(18-8-7-13-6-5-9-22-13)19-10-12(2)14(11-19)15(20)21-3;/h5-6,9,12,14H,4,7-8,10-11H2,1-3H3,(H,17,18);1H. The average molecular weight is 435 g/mol. The van der Waals surface area contributed by atoms with Crippen molar-refractivity contribution in [2.24, 2.45) is 16.8 Å². The Morgan fingerprint density at radius 2 is 2.30 bits per heavy atom. The number of nitrogens with zero attached hydrogens (tertiary/aromatic N) is 2. The smallest absolute Gasteiger partial charge is 0.310 e. The van der Waals surface area contributed by atoms with Crippen molar-refractivity contribution in [2.75, 3.05) is 33.3 Å². The van der Waals surface area contributed by atoms with Gasteiger partial charge in [0.2, 0.25) is 0 Å². The van der Waals surface area contributed by atoms with Gasteiger partial charge in [-0.25, -0.2) is 0 Å². The quantitative estimate of drug-likeness (QED) is 0.332. The third-order valence-electron chi connectivity index (χ3n) is 3.95. The number of rotatable bonds is 5. The molecule has 2 rings (SSSR count). The van der Waals surface area contributed by atoms with E-state index in [-0.39, 0.29) is 41.8 Å². The minimum absolute atomic E-state index is 0. The molecule has 7 heteroatoms. The number of furan rings is 1. The summed E-state index contributed by atoms with van der Waals surface area (Å²) in [5.74, 6) is 1.83. The van der Waals surface area contributed by atoms with E-state index in [1.165, 1.54) is 7.11 Å². The van der Waals surface area contributed by atoms with E-state index in [0.717, 1.165) is 31.2 Å². The van der Waals surface area contributed by atoms with E-state index >= 15 is 0 Å². The Bertz CT molecular complexity index is 505. The van der Waals surface area contributed by atoms with Crippen LogP contribution in [-0.4, -0.2) is 50.1 Å². The summed E-state index contributed by atoms with van der Waals surface area (Å²) in [6.45, 7) is 7.04. The van der Waals surface area contributed by atoms with Crippen LogP contribution in [0, 0.1) is 11.8 Å². The van der Waals surface area contributed by atoms with Crippen molar-refractivity contribution in [2.45, 2.75) is 20.3 Å². The highest BCUT2D eigenvalue weighted by Gasteiger charge is 2.36. The molecule has 0 saturated carbocycles. The van der Waals surface area contributed by atoms with E-state index in [4.69, 9.17) is 9.15 Å². The number of nitrogens with one attached hydrogen (secondary N) is 1. The van der Waals surface area contributed by atoms with Gasteiger partial charge >= 0.3 is 5.97 Å². The number of carbonyl (C=O) groups excluding carboxylic acids is 1. The number of carbonyl (C=O) groups is 1. The molecule has 2 atom stereocenters. The summed E-state index contributed by atoms with van der Waals surface area (Å²) in [7, 11) is 1.44. The van der Waals surface area contributed by atoms with Gasteiger partial charge in [0.25, 0.3) is 0 Å². The Morgan fingerprint density at radius 1 is 1.52 bits per heavy atom. The molecule has 130 valence electrons. The summed E-state index contributed by atoms with van der Waals surface area (Å²) >= 11 is 0. The van der Waals surface area contributed by atoms with Gasteiger partial charge in [-0.05, 0) is 25.0 Å². The Balaban J connectivity index is 0.00000264. The fourth-order valence-corrected chi connectivity index (χ4v) is 2.75. The highest BCUT2D eigenvalue weighted by molar-refractivity contribution is 14.0. The van der Waals surface area contributed by atoms with Gasteiger partial charge in [0, 0.05) is 32.6 Å². The first kappa shape index (κ1) is 19.8. The van der Waals surface area contributed by atoms with Crippen LogP contribution in [-0.2, 0) is 16.0 Å². The lowest BCUT2D eigenvalue weighted by atomic mass is 9.99. The van der Waals surface area contributed by atoms with E-state index in [9.17, 15) is 4.79 Å². The largest absolute Gasteiger partial charge is 0.469 e. The van der Waals surface area contributed by atoms with Gasteiger partial charge < -0.3 is 19.4 Å². The average Bonchev–Trinajstić information content (AvgIpc) is 3.15. The van der Waals surface area contributed by atoms with E-state index in [0.29, 0.717) is 13.1 Å². The molecule has 1 aliphatic heterocycles. The van der Waals surface area contributed by atoms with Crippen molar-refractivity contribution in [1.82, 2.24) is 10.2 Å². The first-order valence-corrected chi connectivity index (χ1v) is 7.79. The Kier molecular flexibility index (Phi) is 8.43. The number of hydrogen-bond donors (Lipinski definition) is 1. The molecule has 0 bridgehead atoms. The van der Waals surface area contributed by atoms with Crippen LogP contribution in [0.1, 0.15) is 19.6 Å². The van der Waals surface area contributed by atoms with E-state index < -0.39 is 0 Å². The molecule has 1 aliphatic rings. The zero-order valence-corrected chi connectivity index (χ0v) is 16.3. The first-order valence-electron chi connectivity index (χ1n) is 7.79. The molecule has 0 aromatic carbocycles. The van der Waals surface area contributed by atoms with Crippen molar-refractivity contribution in [3.63, 3.8) is 0 Å². The van der Waals surface area contributed by atoms with Crippen molar-refractivity contribution in [3.05, 3.63) is 24.2 Å². The summed E-state index contributed by atoms with van der Waals surface area (Å²) in [6, 6.07) is 3.83. The summed E-state index contributed by atoms with van der Waals surface area (Å²) in [5, 5.41) is 3.30. The molecular weight excluding hydrogens is 409 g/mol. The van der Waals surface area contributed by atoms with Crippen LogP contribution < -0.4 is 5.32 Å². The number of hydrogen-bond acceptors (Lipinski definition) is 4. The second-order valence-corrected chi connectivity index (χ2v) is 5.58. The van der Waals surface area contributed by atoms with Crippen LogP contribution in [0.15, 0.2) is 27.8 Å². The zero-order valence-electron chi connectivity index (χ0n) is 13.9. The van der Waals surface area contributed by atoms with Gasteiger partial charge in [0.1, 0.15) is 5.76 Å². The molecule has 0 spiro atoms. The van der Waals surface area contributed by atoms with Crippen molar-refractivity contribution < 1.29 is 13.9 Å². The minimum Gasteiger partial charge on any atom is -0.469 e. The predicted molar refractivity (Wildman–Crippen MR) is 100 cm³/mol. The Labute approximate surface area is 154 Å². The van der Waals surface area contributed by atoms with E-state index in [2.05, 4.69) is 22.1 Å². The lowest BCUT2D eigenvalue weighted by Gasteiger charge is -2.21. The molecule has 6 nitrogen and oxygen atoms in total. The number of methoxy groups -OCH3 is 1. The lowest BCUT2D eigenvalue weighted by Crippen LogP contribution is -2.40. The molecule has 0 aliphatic carbocycles. The number of guanidine groups is 1. The highest BCUT2D eigenvalue weighted by Crippen LogP contribution is 2.24. The zero-order chi connectivity index (χ0) is 15.9. The van der Waals surface area contributed by atoms with Gasteiger partial charge in [-0.15, -0.1) is 24.0 Å². The molecule has 0 amide bonds. The third-order valence-corrected chi connectivity index (χ3v) is 3.95. The van der Waals surface area contributed by atoms with Gasteiger partial charge in [-0.1, -0.05) is 6.92 Å². The molecule has 2 unspecified atom stereocenters. The SMILES string of the molecule is CCNC(=NCCc1ccco1)N1CC(C)C(C(=O)OC)C1.I. The van der Waals surface area contributed by atoms with Gasteiger partial charge in [-0.2, -0.15) is 0 Å². The monoisotopic (exact) mass is 435 g/mol. The van der Waals surface area contributed by atoms with Crippen LogP contribution in [0.2, 0.25) is 0 Å². The summed E-state index contributed by atoms with van der Waals surface area (Å²) in [4.78, 5) is 18.6. The number of likely N-dealkylation sites (tertiary alicyclic amines) is 1. The number of halogens is 1. The van der Waals surface area contributed by atoms with Crippen LogP contribution in [0.3, 0.4) is 0 Å². The lowest BCUT2D eigenvalue weighted by molar-refractivity contribution is -0.145. The molecule has 0 radical (unpaired) electrons. The van der Waals surface area contributed by atoms with Crippen molar-refractivity contribution in [1.29, 1.82) is 0 Å². The number of esters is 1. The molecule has 1 aromatic heterocycles. The minimum atomic E-state index is -0.138. The van der Waals surface area contributed by atoms with Gasteiger partial charge in [0.15, 0.2) is 5.96 Å². The fraction of sp³-hybridized carbons (Fsp3) is 0.625. The molecular formula is C16H26IN3O3. The summed E-state index contributed by atoms with van der Waals surface area (Å²) < 4.78 is 10.2. The Hall–Kier alpha value is -1.25. The predicted octanol–water partition coefficient (Wildman–Crippen LogP) is 2.15. The highest BCUT2D eigenvalue weighted by atomic mass is 127. The number of ether oxygens (including phenoxy) is 1. The van der Waals surface area contributed by atoms with Crippen LogP contribution >= 0.6 is 24.0 Å². The van der Waals surface area contributed by atoms with Crippen molar-refractivity contribution in [3.8, 4) is 0 Å². The molecule has 1 fully saturated rings. The second kappa shape index (κ2) is 9.79. The topological polar surface area (TPSA) is 67.1 Å². The summed E-state index contributed by atoms with van der Waals surface area (Å²) in [6.07, 6.45) is 2.44. The maximum atomic E-state index is 11.8. The fourth-order valence-electron chi connectivity index (χ4n) is 2.75. The van der Waals surface area contributed by atoms with Gasteiger partial charge in [0.05, 0.1) is 19.3 Å². The van der Waals surface area contributed by atoms with Crippen molar-refractivity contribution >= 4 is 35.9 Å². The van der Waals surface area contributed by atoms with Crippen LogP contribution in [0.25, 0.3) is 0 Å². The number of aliphatic imine (C=N–C) groups is 1. The van der Waals surface area contributed by atoms with E-state index in [1.54, 1.807) is 6.26 Å². The summed E-state index contributed by atoms with van der Waals surface area (Å²) in [5.41, 5.74) is 0. The molecule has 23 heavy (non-hydrogen) atoms. The van der Waals surface area contributed by atoms with Gasteiger partial charge in [-0.3, -0.25) is 9.79 Å². The molecule has 1 aromatic rings. The third kappa shape index (κ3) is 5.40. The normalized spacial score (nSPS) is 21.0. The maximum Gasteiger partial charge on any atom is 0.310 e. The molecule has 1 N–H and O–H groups in total. The first-order chi connectivity index (χ1) is 10.7. The molecule has 1 saturated heterocycles. The second-order valence-electron chi connectivity index (χ2n) is 5.58. The maximum absolute atomic E-state index is 11.8. The Morgan fingerprint density at radius 3 is 2.91 bits per heavy atom. The van der Waals surface area contributed by atoms with Crippen LogP contribution in [0.4, 0.5) is 0 Å². The van der Waals surface area contributed by atoms with E-state index in [1.807, 2.05) is 19.1 Å².